The predicted molar refractivity (Wildman–Crippen MR) is 91.0 cm³/mol. The molecule has 0 unspecified atom stereocenters. The summed E-state index contributed by atoms with van der Waals surface area (Å²) in [4.78, 5) is 12.7. The summed E-state index contributed by atoms with van der Waals surface area (Å²) >= 11 is 0. The van der Waals surface area contributed by atoms with E-state index < -0.39 is 0 Å². The second kappa shape index (κ2) is 6.51. The lowest BCUT2D eigenvalue weighted by molar-refractivity contribution is 0.102. The molecule has 2 aromatic heterocycles. The molecule has 1 amide bonds. The van der Waals surface area contributed by atoms with Gasteiger partial charge in [-0.15, -0.1) is 10.2 Å². The number of para-hydroxylation sites is 1. The lowest BCUT2D eigenvalue weighted by Crippen LogP contribution is -2.15. The van der Waals surface area contributed by atoms with Gasteiger partial charge in [-0.05, 0) is 63.7 Å². The van der Waals surface area contributed by atoms with Crippen molar-refractivity contribution in [2.45, 2.75) is 6.92 Å². The van der Waals surface area contributed by atoms with Crippen molar-refractivity contribution in [1.82, 2.24) is 40.4 Å². The van der Waals surface area contributed by atoms with Crippen molar-refractivity contribution in [1.29, 1.82) is 0 Å². The quantitative estimate of drug-likeness (QED) is 0.589. The first kappa shape index (κ1) is 15.6. The predicted octanol–water partition coefficient (Wildman–Crippen LogP) is 1.20. The van der Waals surface area contributed by atoms with Crippen LogP contribution in [0.15, 0.2) is 55.1 Å². The minimum Gasteiger partial charge on any atom is -0.322 e. The van der Waals surface area contributed by atoms with Gasteiger partial charge in [0.25, 0.3) is 5.91 Å². The van der Waals surface area contributed by atoms with Crippen LogP contribution in [0.1, 0.15) is 15.9 Å². The number of hydrogen-bond donors (Lipinski definition) is 1. The molecule has 1 N–H and O–H groups in total. The Hall–Kier alpha value is -3.95. The number of tetrazole rings is 2. The Morgan fingerprint density at radius 2 is 1.62 bits per heavy atom. The largest absolute Gasteiger partial charge is 0.322 e. The highest BCUT2D eigenvalue weighted by Crippen LogP contribution is 2.20. The molecule has 0 saturated carbocycles. The number of aromatic nitrogens is 8. The Kier molecular flexibility index (Phi) is 3.90. The number of benzene rings is 2. The summed E-state index contributed by atoms with van der Waals surface area (Å²) in [7, 11) is 0. The molecular weight excluding hydrogens is 334 g/mol. The zero-order valence-corrected chi connectivity index (χ0v) is 13.7. The Morgan fingerprint density at radius 3 is 2.27 bits per heavy atom. The molecule has 0 bridgehead atoms. The Morgan fingerprint density at radius 1 is 0.923 bits per heavy atom. The van der Waals surface area contributed by atoms with E-state index in [4.69, 9.17) is 0 Å². The van der Waals surface area contributed by atoms with Crippen molar-refractivity contribution in [2.24, 2.45) is 0 Å². The summed E-state index contributed by atoms with van der Waals surface area (Å²) in [5.41, 5.74) is 3.47. The van der Waals surface area contributed by atoms with Crippen LogP contribution >= 0.6 is 0 Å². The van der Waals surface area contributed by atoms with E-state index >= 15 is 0 Å². The highest BCUT2D eigenvalue weighted by atomic mass is 16.1. The van der Waals surface area contributed by atoms with Crippen molar-refractivity contribution in [2.75, 3.05) is 5.32 Å². The normalized spacial score (nSPS) is 10.7. The average molecular weight is 347 g/mol. The van der Waals surface area contributed by atoms with Crippen molar-refractivity contribution in [3.8, 4) is 11.4 Å². The summed E-state index contributed by atoms with van der Waals surface area (Å²) in [6.45, 7) is 1.92. The number of rotatable bonds is 4. The first-order valence-corrected chi connectivity index (χ1v) is 7.70. The molecule has 0 radical (unpaired) electrons. The molecule has 0 saturated heterocycles. The fraction of sp³-hybridized carbons (Fsp3) is 0.0625. The number of anilines is 1. The molecule has 0 fully saturated rings. The van der Waals surface area contributed by atoms with Crippen molar-refractivity contribution < 1.29 is 4.79 Å². The SMILES string of the molecule is Cc1cc(NC(=O)c2ccccc2-n2cnnn2)ccc1-n1cnnn1. The summed E-state index contributed by atoms with van der Waals surface area (Å²) in [6, 6.07) is 12.6. The van der Waals surface area contributed by atoms with E-state index in [1.807, 2.05) is 25.1 Å². The van der Waals surface area contributed by atoms with Crippen LogP contribution in [0.25, 0.3) is 11.4 Å². The molecule has 10 heteroatoms. The number of nitrogens with one attached hydrogen (secondary N) is 1. The molecular formula is C16H13N9O. The summed E-state index contributed by atoms with van der Waals surface area (Å²) in [6.07, 6.45) is 2.96. The van der Waals surface area contributed by atoms with Gasteiger partial charge in [0.1, 0.15) is 12.7 Å². The van der Waals surface area contributed by atoms with Gasteiger partial charge in [-0.2, -0.15) is 4.68 Å². The summed E-state index contributed by atoms with van der Waals surface area (Å²) in [5.74, 6) is -0.259. The maximum atomic E-state index is 12.7. The zero-order valence-electron chi connectivity index (χ0n) is 13.7. The van der Waals surface area contributed by atoms with E-state index in [-0.39, 0.29) is 5.91 Å². The van der Waals surface area contributed by atoms with Crippen molar-refractivity contribution in [3.63, 3.8) is 0 Å². The van der Waals surface area contributed by atoms with E-state index in [9.17, 15) is 4.79 Å². The Labute approximate surface area is 147 Å². The van der Waals surface area contributed by atoms with E-state index in [1.54, 1.807) is 28.9 Å². The van der Waals surface area contributed by atoms with Crippen molar-refractivity contribution >= 4 is 11.6 Å². The third kappa shape index (κ3) is 2.90. The van der Waals surface area contributed by atoms with Crippen LogP contribution in [0.2, 0.25) is 0 Å². The van der Waals surface area contributed by atoms with Gasteiger partial charge >= 0.3 is 0 Å². The summed E-state index contributed by atoms with van der Waals surface area (Å²) < 4.78 is 3.01. The average Bonchev–Trinajstić information content (AvgIpc) is 3.36. The van der Waals surface area contributed by atoms with Gasteiger partial charge < -0.3 is 5.32 Å². The molecule has 0 atom stereocenters. The number of hydrogen-bond acceptors (Lipinski definition) is 7. The van der Waals surface area contributed by atoms with E-state index in [1.165, 1.54) is 17.3 Å². The second-order valence-corrected chi connectivity index (χ2v) is 5.48. The van der Waals surface area contributed by atoms with Crippen LogP contribution < -0.4 is 5.32 Å². The lowest BCUT2D eigenvalue weighted by Gasteiger charge is -2.11. The van der Waals surface area contributed by atoms with Crippen LogP contribution in [0.5, 0.6) is 0 Å². The molecule has 128 valence electrons. The minimum atomic E-state index is -0.259. The van der Waals surface area contributed by atoms with E-state index in [0.29, 0.717) is 16.9 Å². The highest BCUT2D eigenvalue weighted by molar-refractivity contribution is 6.06. The Bertz CT molecular complexity index is 1040. The van der Waals surface area contributed by atoms with Crippen LogP contribution in [-0.4, -0.2) is 46.3 Å². The molecule has 26 heavy (non-hydrogen) atoms. The minimum absolute atomic E-state index is 0.259. The molecule has 0 aliphatic heterocycles. The van der Waals surface area contributed by atoms with Gasteiger partial charge in [-0.25, -0.2) is 4.68 Å². The highest BCUT2D eigenvalue weighted by Gasteiger charge is 2.14. The van der Waals surface area contributed by atoms with Crippen LogP contribution in [-0.2, 0) is 0 Å². The second-order valence-electron chi connectivity index (χ2n) is 5.48. The fourth-order valence-corrected chi connectivity index (χ4v) is 2.60. The molecule has 10 nitrogen and oxygen atoms in total. The van der Waals surface area contributed by atoms with Crippen LogP contribution in [0, 0.1) is 6.92 Å². The number of nitrogens with zero attached hydrogens (tertiary/aromatic N) is 8. The standard InChI is InChI=1S/C16H13N9O/c1-11-8-12(6-7-14(11)24-9-17-20-22-24)19-16(26)13-4-2-3-5-15(13)25-10-18-21-23-25/h2-10H,1H3,(H,19,26). The van der Waals surface area contributed by atoms with Gasteiger partial charge in [0.2, 0.25) is 0 Å². The fourth-order valence-electron chi connectivity index (χ4n) is 2.60. The van der Waals surface area contributed by atoms with Gasteiger partial charge in [0.05, 0.1) is 16.9 Å². The first-order valence-electron chi connectivity index (χ1n) is 7.70. The third-order valence-corrected chi connectivity index (χ3v) is 3.80. The van der Waals surface area contributed by atoms with Gasteiger partial charge in [0, 0.05) is 5.69 Å². The van der Waals surface area contributed by atoms with Crippen LogP contribution in [0.4, 0.5) is 5.69 Å². The van der Waals surface area contributed by atoms with Gasteiger partial charge in [0.15, 0.2) is 0 Å². The lowest BCUT2D eigenvalue weighted by atomic mass is 10.1. The number of amides is 1. The van der Waals surface area contributed by atoms with Gasteiger partial charge in [-0.3, -0.25) is 4.79 Å². The molecule has 4 aromatic rings. The molecule has 2 heterocycles. The molecule has 2 aromatic carbocycles. The zero-order chi connectivity index (χ0) is 17.9. The molecule has 4 rings (SSSR count). The first-order chi connectivity index (χ1) is 12.7. The third-order valence-electron chi connectivity index (χ3n) is 3.80. The van der Waals surface area contributed by atoms with Crippen molar-refractivity contribution in [3.05, 3.63) is 66.2 Å². The smallest absolute Gasteiger partial charge is 0.257 e. The number of aryl methyl sites for hydroxylation is 1. The topological polar surface area (TPSA) is 116 Å². The Balaban J connectivity index is 1.61. The molecule has 0 aliphatic rings. The van der Waals surface area contributed by atoms with Crippen LogP contribution in [0.3, 0.4) is 0 Å². The van der Waals surface area contributed by atoms with E-state index in [2.05, 4.69) is 36.4 Å². The maximum absolute atomic E-state index is 12.7. The molecule has 0 aliphatic carbocycles. The van der Waals surface area contributed by atoms with E-state index in [0.717, 1.165) is 11.3 Å². The summed E-state index contributed by atoms with van der Waals surface area (Å²) in [5, 5.41) is 25.1. The number of carbonyl (C=O) groups excluding carboxylic acids is 1. The monoisotopic (exact) mass is 347 g/mol. The van der Waals surface area contributed by atoms with Gasteiger partial charge in [-0.1, -0.05) is 12.1 Å². The maximum Gasteiger partial charge on any atom is 0.257 e. The molecule has 0 spiro atoms. The number of carbonyl (C=O) groups is 1.